The number of alkyl halides is 2. The molecule has 0 atom stereocenters. The summed E-state index contributed by atoms with van der Waals surface area (Å²) in [6, 6.07) is 6.31. The molecule has 1 heterocycles. The number of nitrogens with zero attached hydrogens (tertiary/aromatic N) is 1. The van der Waals surface area contributed by atoms with Crippen LogP contribution in [0.4, 0.5) is 8.78 Å². The molecule has 20 heavy (non-hydrogen) atoms. The molecule has 7 heteroatoms. The van der Waals surface area contributed by atoms with Crippen molar-refractivity contribution >= 4 is 17.7 Å². The van der Waals surface area contributed by atoms with Crippen molar-refractivity contribution in [2.45, 2.75) is 24.1 Å². The van der Waals surface area contributed by atoms with Crippen molar-refractivity contribution < 1.29 is 13.6 Å². The van der Waals surface area contributed by atoms with Gasteiger partial charge in [0.25, 0.3) is 11.7 Å². The van der Waals surface area contributed by atoms with Gasteiger partial charge in [0.15, 0.2) is 0 Å². The van der Waals surface area contributed by atoms with Gasteiger partial charge in [-0.05, 0) is 19.1 Å². The Hall–Kier alpha value is -1.89. The summed E-state index contributed by atoms with van der Waals surface area (Å²) < 4.78 is 24.9. The average molecular weight is 297 g/mol. The Balaban J connectivity index is 2.07. The molecule has 2 aromatic rings. The van der Waals surface area contributed by atoms with Crippen LogP contribution in [0, 0.1) is 6.92 Å². The van der Waals surface area contributed by atoms with E-state index in [2.05, 4.69) is 15.5 Å². The maximum absolute atomic E-state index is 12.4. The standard InChI is InChI=1S/C13H13F2N3OS/c1-8-9(7-17-18-8)6-16-12(19)10-4-2-3-5-11(10)20-13(14)15/h2-5,7,13H,6H2,1H3,(H,16,19)(H,17,18). The zero-order valence-electron chi connectivity index (χ0n) is 10.7. The number of H-pyrrole nitrogens is 1. The molecule has 0 radical (unpaired) electrons. The van der Waals surface area contributed by atoms with Crippen molar-refractivity contribution in [3.63, 3.8) is 0 Å². The number of hydrogen-bond donors (Lipinski definition) is 2. The minimum absolute atomic E-state index is 0.249. The molecule has 1 aromatic carbocycles. The van der Waals surface area contributed by atoms with E-state index in [1.807, 2.05) is 6.92 Å². The van der Waals surface area contributed by atoms with Crippen LogP contribution in [0.1, 0.15) is 21.6 Å². The van der Waals surface area contributed by atoms with Gasteiger partial charge in [-0.25, -0.2) is 0 Å². The maximum atomic E-state index is 12.4. The van der Waals surface area contributed by atoms with Crippen molar-refractivity contribution in [2.24, 2.45) is 0 Å². The first kappa shape index (κ1) is 14.5. The predicted molar refractivity (Wildman–Crippen MR) is 72.8 cm³/mol. The van der Waals surface area contributed by atoms with E-state index in [1.165, 1.54) is 12.1 Å². The molecule has 0 fully saturated rings. The molecule has 1 aromatic heterocycles. The molecule has 2 N–H and O–H groups in total. The average Bonchev–Trinajstić information content (AvgIpc) is 2.81. The first-order valence-corrected chi connectivity index (χ1v) is 6.76. The minimum atomic E-state index is -2.56. The van der Waals surface area contributed by atoms with E-state index >= 15 is 0 Å². The second kappa shape index (κ2) is 6.51. The third-order valence-electron chi connectivity index (χ3n) is 2.72. The van der Waals surface area contributed by atoms with Crippen LogP contribution in [0.3, 0.4) is 0 Å². The molecular weight excluding hydrogens is 284 g/mol. The Morgan fingerprint density at radius 1 is 1.45 bits per heavy atom. The number of aryl methyl sites for hydroxylation is 1. The molecule has 2 rings (SSSR count). The molecule has 0 aliphatic heterocycles. The zero-order chi connectivity index (χ0) is 14.5. The third kappa shape index (κ3) is 3.57. The number of aromatic amines is 1. The Kier molecular flexibility index (Phi) is 4.73. The van der Waals surface area contributed by atoms with Gasteiger partial charge in [-0.2, -0.15) is 13.9 Å². The van der Waals surface area contributed by atoms with Crippen LogP contribution in [-0.2, 0) is 6.54 Å². The fourth-order valence-electron chi connectivity index (χ4n) is 1.68. The van der Waals surface area contributed by atoms with Crippen LogP contribution in [-0.4, -0.2) is 21.9 Å². The molecule has 0 saturated carbocycles. The highest BCUT2D eigenvalue weighted by Gasteiger charge is 2.15. The quantitative estimate of drug-likeness (QED) is 0.834. The number of amides is 1. The summed E-state index contributed by atoms with van der Waals surface area (Å²) in [5.74, 6) is -2.94. The normalized spacial score (nSPS) is 10.8. The monoisotopic (exact) mass is 297 g/mol. The molecular formula is C13H13F2N3OS. The number of rotatable bonds is 5. The molecule has 0 bridgehead atoms. The summed E-state index contributed by atoms with van der Waals surface area (Å²) in [5.41, 5.74) is 1.97. The summed E-state index contributed by atoms with van der Waals surface area (Å²) in [5, 5.41) is 9.31. The first-order valence-electron chi connectivity index (χ1n) is 5.89. The van der Waals surface area contributed by atoms with Crippen LogP contribution < -0.4 is 5.32 Å². The van der Waals surface area contributed by atoms with Crippen LogP contribution in [0.5, 0.6) is 0 Å². The summed E-state index contributed by atoms with van der Waals surface area (Å²) in [6.45, 7) is 2.14. The van der Waals surface area contributed by atoms with E-state index in [9.17, 15) is 13.6 Å². The van der Waals surface area contributed by atoms with E-state index in [4.69, 9.17) is 0 Å². The lowest BCUT2D eigenvalue weighted by molar-refractivity contribution is 0.0948. The van der Waals surface area contributed by atoms with Crippen LogP contribution in [0.2, 0.25) is 0 Å². The fourth-order valence-corrected chi connectivity index (χ4v) is 2.31. The van der Waals surface area contributed by atoms with Crippen LogP contribution in [0.15, 0.2) is 35.4 Å². The van der Waals surface area contributed by atoms with Gasteiger partial charge >= 0.3 is 0 Å². The number of hydrogen-bond acceptors (Lipinski definition) is 3. The van der Waals surface area contributed by atoms with Gasteiger partial charge in [-0.1, -0.05) is 23.9 Å². The lowest BCUT2D eigenvalue weighted by atomic mass is 10.2. The SMILES string of the molecule is Cc1[nH]ncc1CNC(=O)c1ccccc1SC(F)F. The minimum Gasteiger partial charge on any atom is -0.348 e. The number of nitrogens with one attached hydrogen (secondary N) is 2. The van der Waals surface area contributed by atoms with Crippen molar-refractivity contribution in [1.29, 1.82) is 0 Å². The Labute approximate surface area is 119 Å². The van der Waals surface area contributed by atoms with E-state index < -0.39 is 5.76 Å². The molecule has 0 spiro atoms. The van der Waals surface area contributed by atoms with Gasteiger partial charge in [0.05, 0.1) is 11.8 Å². The first-order chi connectivity index (χ1) is 9.58. The van der Waals surface area contributed by atoms with E-state index in [0.29, 0.717) is 18.3 Å². The van der Waals surface area contributed by atoms with Crippen molar-refractivity contribution in [2.75, 3.05) is 0 Å². The highest BCUT2D eigenvalue weighted by atomic mass is 32.2. The number of carbonyl (C=O) groups excluding carboxylic acids is 1. The largest absolute Gasteiger partial charge is 0.348 e. The van der Waals surface area contributed by atoms with Crippen molar-refractivity contribution in [3.8, 4) is 0 Å². The number of thioether (sulfide) groups is 1. The third-order valence-corrected chi connectivity index (χ3v) is 3.51. The van der Waals surface area contributed by atoms with E-state index in [1.54, 1.807) is 18.3 Å². The highest BCUT2D eigenvalue weighted by molar-refractivity contribution is 7.99. The van der Waals surface area contributed by atoms with Gasteiger partial charge in [0.2, 0.25) is 0 Å². The molecule has 106 valence electrons. The zero-order valence-corrected chi connectivity index (χ0v) is 11.5. The topological polar surface area (TPSA) is 57.8 Å². The van der Waals surface area contributed by atoms with E-state index in [0.717, 1.165) is 11.3 Å². The summed E-state index contributed by atoms with van der Waals surface area (Å²) in [4.78, 5) is 12.3. The summed E-state index contributed by atoms with van der Waals surface area (Å²) >= 11 is 0.367. The van der Waals surface area contributed by atoms with Gasteiger partial charge < -0.3 is 5.32 Å². The van der Waals surface area contributed by atoms with Crippen LogP contribution >= 0.6 is 11.8 Å². The molecule has 0 unspecified atom stereocenters. The molecule has 1 amide bonds. The molecule has 0 aliphatic carbocycles. The second-order valence-corrected chi connectivity index (χ2v) is 5.11. The lowest BCUT2D eigenvalue weighted by Crippen LogP contribution is -2.23. The van der Waals surface area contributed by atoms with Gasteiger partial charge in [-0.15, -0.1) is 0 Å². The fraction of sp³-hybridized carbons (Fsp3) is 0.231. The highest BCUT2D eigenvalue weighted by Crippen LogP contribution is 2.28. The Bertz CT molecular complexity index is 601. The van der Waals surface area contributed by atoms with Gasteiger partial charge in [0.1, 0.15) is 0 Å². The van der Waals surface area contributed by atoms with Crippen LogP contribution in [0.25, 0.3) is 0 Å². The summed E-state index contributed by atoms with van der Waals surface area (Å²) in [6.07, 6.45) is 1.62. The molecule has 0 saturated heterocycles. The molecule has 4 nitrogen and oxygen atoms in total. The second-order valence-electron chi connectivity index (χ2n) is 4.08. The Morgan fingerprint density at radius 2 is 2.20 bits per heavy atom. The number of carbonyl (C=O) groups is 1. The van der Waals surface area contributed by atoms with Gasteiger partial charge in [-0.3, -0.25) is 9.89 Å². The molecule has 0 aliphatic rings. The number of halogens is 2. The number of benzene rings is 1. The van der Waals surface area contributed by atoms with Crippen molar-refractivity contribution in [1.82, 2.24) is 15.5 Å². The van der Waals surface area contributed by atoms with Crippen molar-refractivity contribution in [3.05, 3.63) is 47.3 Å². The summed E-state index contributed by atoms with van der Waals surface area (Å²) in [7, 11) is 0. The van der Waals surface area contributed by atoms with Gasteiger partial charge in [0, 0.05) is 22.7 Å². The lowest BCUT2D eigenvalue weighted by Gasteiger charge is -2.09. The number of aromatic nitrogens is 2. The maximum Gasteiger partial charge on any atom is 0.288 e. The predicted octanol–water partition coefficient (Wildman–Crippen LogP) is 2.96. The smallest absolute Gasteiger partial charge is 0.288 e. The Morgan fingerprint density at radius 3 is 2.85 bits per heavy atom. The van der Waals surface area contributed by atoms with E-state index in [-0.39, 0.29) is 16.4 Å².